The SMILES string of the molecule is O=C(N/N=C\c1cccc(Cl)c1Cl)/C(=C\c1cccs1)NC(=O)c1ccccc1. The van der Waals surface area contributed by atoms with Crippen LogP contribution in [0.25, 0.3) is 6.08 Å². The van der Waals surface area contributed by atoms with Crippen molar-refractivity contribution < 1.29 is 9.59 Å². The minimum Gasteiger partial charge on any atom is -0.317 e. The molecule has 5 nitrogen and oxygen atoms in total. The minimum absolute atomic E-state index is 0.0654. The Bertz CT molecular complexity index is 1060. The molecule has 0 radical (unpaired) electrons. The van der Waals surface area contributed by atoms with Crippen molar-refractivity contribution >= 4 is 58.6 Å². The summed E-state index contributed by atoms with van der Waals surface area (Å²) < 4.78 is 0. The molecule has 0 saturated carbocycles. The fraction of sp³-hybridized carbons (Fsp3) is 0. The zero-order valence-corrected chi connectivity index (χ0v) is 17.3. The third-order valence-corrected chi connectivity index (χ3v) is 5.36. The molecule has 0 aliphatic heterocycles. The van der Waals surface area contributed by atoms with Crippen molar-refractivity contribution in [2.24, 2.45) is 5.10 Å². The molecule has 29 heavy (non-hydrogen) atoms. The number of hydrogen-bond acceptors (Lipinski definition) is 4. The molecule has 3 rings (SSSR count). The molecule has 2 amide bonds. The molecular weight excluding hydrogens is 429 g/mol. The van der Waals surface area contributed by atoms with Crippen molar-refractivity contribution in [2.45, 2.75) is 0 Å². The van der Waals surface area contributed by atoms with Gasteiger partial charge in [-0.05, 0) is 35.7 Å². The lowest BCUT2D eigenvalue weighted by Crippen LogP contribution is -2.32. The number of benzene rings is 2. The summed E-state index contributed by atoms with van der Waals surface area (Å²) in [7, 11) is 0. The number of carbonyl (C=O) groups is 2. The van der Waals surface area contributed by atoms with Crippen LogP contribution < -0.4 is 10.7 Å². The van der Waals surface area contributed by atoms with Gasteiger partial charge in [0.15, 0.2) is 0 Å². The molecule has 2 N–H and O–H groups in total. The molecule has 2 aromatic carbocycles. The molecular formula is C21H15Cl2N3O2S. The predicted molar refractivity (Wildman–Crippen MR) is 118 cm³/mol. The van der Waals surface area contributed by atoms with Crippen molar-refractivity contribution in [3.63, 3.8) is 0 Å². The Morgan fingerprint density at radius 3 is 2.48 bits per heavy atom. The van der Waals surface area contributed by atoms with Crippen LogP contribution in [0.5, 0.6) is 0 Å². The summed E-state index contributed by atoms with van der Waals surface area (Å²) in [6, 6.07) is 17.4. The van der Waals surface area contributed by atoms with E-state index in [0.717, 1.165) is 4.88 Å². The molecule has 0 fully saturated rings. The minimum atomic E-state index is -0.572. The van der Waals surface area contributed by atoms with Gasteiger partial charge in [-0.25, -0.2) is 5.43 Å². The first-order valence-electron chi connectivity index (χ1n) is 8.43. The Labute approximate surface area is 181 Å². The first-order chi connectivity index (χ1) is 14.0. The standard InChI is InChI=1S/C21H15Cl2N3O2S/c22-17-10-4-8-15(19(17)23)13-24-26-21(28)18(12-16-9-5-11-29-16)25-20(27)14-6-2-1-3-7-14/h1-13H,(H,25,27)(H,26,28)/b18-12+,24-13-. The third kappa shape index (κ3) is 5.77. The Hall–Kier alpha value is -2.93. The molecule has 0 unspecified atom stereocenters. The highest BCUT2D eigenvalue weighted by Gasteiger charge is 2.14. The maximum atomic E-state index is 12.6. The summed E-state index contributed by atoms with van der Waals surface area (Å²) in [6.07, 6.45) is 2.97. The van der Waals surface area contributed by atoms with E-state index in [2.05, 4.69) is 15.8 Å². The summed E-state index contributed by atoms with van der Waals surface area (Å²) in [5.74, 6) is -0.970. The number of amides is 2. The Balaban J connectivity index is 1.77. The monoisotopic (exact) mass is 443 g/mol. The van der Waals surface area contributed by atoms with Crippen molar-refractivity contribution in [1.29, 1.82) is 0 Å². The Morgan fingerprint density at radius 2 is 1.76 bits per heavy atom. The first kappa shape index (κ1) is 20.8. The largest absolute Gasteiger partial charge is 0.317 e. The number of nitrogens with one attached hydrogen (secondary N) is 2. The van der Waals surface area contributed by atoms with Crippen molar-refractivity contribution in [2.75, 3.05) is 0 Å². The number of halogens is 2. The number of nitrogens with zero attached hydrogens (tertiary/aromatic N) is 1. The van der Waals surface area contributed by atoms with E-state index in [9.17, 15) is 9.59 Å². The second-order valence-corrected chi connectivity index (χ2v) is 7.50. The molecule has 1 heterocycles. The lowest BCUT2D eigenvalue weighted by molar-refractivity contribution is -0.117. The highest BCUT2D eigenvalue weighted by atomic mass is 35.5. The molecule has 0 saturated heterocycles. The summed E-state index contributed by atoms with van der Waals surface area (Å²) in [5, 5.41) is 9.15. The van der Waals surface area contributed by atoms with Crippen LogP contribution in [-0.4, -0.2) is 18.0 Å². The molecule has 0 bridgehead atoms. The average molecular weight is 444 g/mol. The van der Waals surface area contributed by atoms with E-state index in [4.69, 9.17) is 23.2 Å². The zero-order valence-electron chi connectivity index (χ0n) is 14.9. The maximum Gasteiger partial charge on any atom is 0.287 e. The average Bonchev–Trinajstić information content (AvgIpc) is 3.24. The van der Waals surface area contributed by atoms with Gasteiger partial charge in [0.05, 0.1) is 16.3 Å². The molecule has 3 aromatic rings. The van der Waals surface area contributed by atoms with E-state index < -0.39 is 11.8 Å². The first-order valence-corrected chi connectivity index (χ1v) is 10.1. The number of rotatable bonds is 6. The van der Waals surface area contributed by atoms with E-state index in [1.807, 2.05) is 23.6 Å². The fourth-order valence-electron chi connectivity index (χ4n) is 2.30. The van der Waals surface area contributed by atoms with Gasteiger partial charge in [0.1, 0.15) is 5.70 Å². The Morgan fingerprint density at radius 1 is 0.966 bits per heavy atom. The van der Waals surface area contributed by atoms with Crippen LogP contribution >= 0.6 is 34.5 Å². The van der Waals surface area contributed by atoms with Crippen LogP contribution in [0.1, 0.15) is 20.8 Å². The number of carbonyl (C=O) groups excluding carboxylic acids is 2. The van der Waals surface area contributed by atoms with Crippen LogP contribution in [0.2, 0.25) is 10.0 Å². The molecule has 0 aliphatic rings. The summed E-state index contributed by atoms with van der Waals surface area (Å²) in [4.78, 5) is 25.9. The molecule has 146 valence electrons. The number of hydrogen-bond donors (Lipinski definition) is 2. The van der Waals surface area contributed by atoms with Crippen LogP contribution in [0.15, 0.2) is 76.8 Å². The van der Waals surface area contributed by atoms with Crippen LogP contribution in [0, 0.1) is 0 Å². The summed E-state index contributed by atoms with van der Waals surface area (Å²) >= 11 is 13.5. The topological polar surface area (TPSA) is 70.6 Å². The number of hydrazone groups is 1. The second-order valence-electron chi connectivity index (χ2n) is 5.74. The summed E-state index contributed by atoms with van der Waals surface area (Å²) in [6.45, 7) is 0. The highest BCUT2D eigenvalue weighted by molar-refractivity contribution is 7.10. The van der Waals surface area contributed by atoms with E-state index in [1.54, 1.807) is 48.5 Å². The van der Waals surface area contributed by atoms with Crippen LogP contribution in [0.3, 0.4) is 0 Å². The predicted octanol–water partition coefficient (Wildman–Crippen LogP) is 4.98. The van der Waals surface area contributed by atoms with Gasteiger partial charge in [-0.15, -0.1) is 11.3 Å². The van der Waals surface area contributed by atoms with Gasteiger partial charge in [-0.3, -0.25) is 9.59 Å². The molecule has 8 heteroatoms. The van der Waals surface area contributed by atoms with Gasteiger partial charge < -0.3 is 5.32 Å². The lowest BCUT2D eigenvalue weighted by atomic mass is 10.2. The zero-order chi connectivity index (χ0) is 20.6. The quantitative estimate of drug-likeness (QED) is 0.320. The van der Waals surface area contributed by atoms with Gasteiger partial charge in [0.25, 0.3) is 11.8 Å². The van der Waals surface area contributed by atoms with Crippen molar-refractivity contribution in [3.8, 4) is 0 Å². The second kappa shape index (κ2) is 10.0. The third-order valence-electron chi connectivity index (χ3n) is 3.71. The summed E-state index contributed by atoms with van der Waals surface area (Å²) in [5.41, 5.74) is 3.45. The molecule has 1 aromatic heterocycles. The van der Waals surface area contributed by atoms with Crippen molar-refractivity contribution in [1.82, 2.24) is 10.7 Å². The Kier molecular flexibility index (Phi) is 7.19. The van der Waals surface area contributed by atoms with E-state index >= 15 is 0 Å². The van der Waals surface area contributed by atoms with Gasteiger partial charge >= 0.3 is 0 Å². The van der Waals surface area contributed by atoms with E-state index in [-0.39, 0.29) is 5.70 Å². The smallest absolute Gasteiger partial charge is 0.287 e. The fourth-order valence-corrected chi connectivity index (χ4v) is 3.31. The van der Waals surface area contributed by atoms with E-state index in [0.29, 0.717) is 21.2 Å². The highest BCUT2D eigenvalue weighted by Crippen LogP contribution is 2.24. The molecule has 0 atom stereocenters. The van der Waals surface area contributed by atoms with Crippen LogP contribution in [-0.2, 0) is 4.79 Å². The molecule has 0 aliphatic carbocycles. The van der Waals surface area contributed by atoms with Gasteiger partial charge in [0.2, 0.25) is 0 Å². The molecule has 0 spiro atoms. The van der Waals surface area contributed by atoms with Gasteiger partial charge in [-0.1, -0.05) is 59.6 Å². The number of thiophene rings is 1. The van der Waals surface area contributed by atoms with Gasteiger partial charge in [-0.2, -0.15) is 5.10 Å². The van der Waals surface area contributed by atoms with E-state index in [1.165, 1.54) is 17.6 Å². The normalized spacial score (nSPS) is 11.4. The van der Waals surface area contributed by atoms with Crippen molar-refractivity contribution in [3.05, 3.63) is 97.8 Å². The van der Waals surface area contributed by atoms with Gasteiger partial charge in [0, 0.05) is 16.0 Å². The lowest BCUT2D eigenvalue weighted by Gasteiger charge is -2.08. The maximum absolute atomic E-state index is 12.6. The van der Waals surface area contributed by atoms with Crippen LogP contribution in [0.4, 0.5) is 0 Å².